The first-order valence-electron chi connectivity index (χ1n) is 5.86. The van der Waals surface area contributed by atoms with E-state index < -0.39 is 0 Å². The molecule has 15 heavy (non-hydrogen) atoms. The lowest BCUT2D eigenvalue weighted by Gasteiger charge is -2.33. The minimum atomic E-state index is 0.111. The van der Waals surface area contributed by atoms with Crippen LogP contribution in [0.15, 0.2) is 4.99 Å². The van der Waals surface area contributed by atoms with Crippen LogP contribution in [0.4, 0.5) is 0 Å². The third-order valence-electron chi connectivity index (χ3n) is 2.94. The number of aliphatic imine (C=N–C) groups is 1. The summed E-state index contributed by atoms with van der Waals surface area (Å²) in [6.45, 7) is 10.6. The molecule has 0 bridgehead atoms. The molecule has 4 heteroatoms. The molecule has 0 heterocycles. The van der Waals surface area contributed by atoms with Crippen LogP contribution in [0.2, 0.25) is 0 Å². The lowest BCUT2D eigenvalue weighted by Crippen LogP contribution is -2.54. The van der Waals surface area contributed by atoms with Gasteiger partial charge in [-0.3, -0.25) is 5.43 Å². The van der Waals surface area contributed by atoms with E-state index in [1.807, 2.05) is 13.8 Å². The highest BCUT2D eigenvalue weighted by Crippen LogP contribution is 2.18. The minimum Gasteiger partial charge on any atom is -0.350 e. The van der Waals surface area contributed by atoms with Crippen LogP contribution in [0, 0.1) is 0 Å². The zero-order valence-electron chi connectivity index (χ0n) is 10.7. The third kappa shape index (κ3) is 4.51. The van der Waals surface area contributed by atoms with Crippen molar-refractivity contribution in [2.75, 3.05) is 0 Å². The Balaban J connectivity index is 4.62. The number of hydrogen-bond donors (Lipinski definition) is 3. The number of hydrazine groups is 1. The Bertz CT molecular complexity index is 186. The molecule has 4 N–H and O–H groups in total. The van der Waals surface area contributed by atoms with Crippen LogP contribution in [0.1, 0.15) is 53.9 Å². The highest BCUT2D eigenvalue weighted by atomic mass is 15.3. The molecule has 0 atom stereocenters. The van der Waals surface area contributed by atoms with Crippen molar-refractivity contribution in [1.29, 1.82) is 0 Å². The SMILES string of the molecule is CCC(CC)(CC)NC(=NC(C)C)NN. The van der Waals surface area contributed by atoms with Crippen LogP contribution in [0.25, 0.3) is 0 Å². The van der Waals surface area contributed by atoms with Gasteiger partial charge in [-0.25, -0.2) is 10.8 Å². The maximum atomic E-state index is 5.45. The summed E-state index contributed by atoms with van der Waals surface area (Å²) < 4.78 is 0. The highest BCUT2D eigenvalue weighted by Gasteiger charge is 2.24. The Morgan fingerprint density at radius 2 is 1.67 bits per heavy atom. The van der Waals surface area contributed by atoms with Gasteiger partial charge in [-0.05, 0) is 33.1 Å². The normalized spacial score (nSPS) is 13.1. The van der Waals surface area contributed by atoms with Gasteiger partial charge in [0.2, 0.25) is 5.96 Å². The summed E-state index contributed by atoms with van der Waals surface area (Å²) in [6, 6.07) is 0.242. The molecular formula is C11H26N4. The highest BCUT2D eigenvalue weighted by molar-refractivity contribution is 5.80. The Labute approximate surface area is 93.7 Å². The molecule has 0 saturated carbocycles. The van der Waals surface area contributed by atoms with Crippen molar-refractivity contribution in [1.82, 2.24) is 10.7 Å². The second-order valence-corrected chi connectivity index (χ2v) is 4.18. The van der Waals surface area contributed by atoms with Gasteiger partial charge in [0.05, 0.1) is 0 Å². The largest absolute Gasteiger partial charge is 0.350 e. The first-order chi connectivity index (χ1) is 7.03. The molecule has 0 aromatic carbocycles. The van der Waals surface area contributed by atoms with Gasteiger partial charge in [0, 0.05) is 11.6 Å². The lowest BCUT2D eigenvalue weighted by atomic mass is 9.90. The van der Waals surface area contributed by atoms with Gasteiger partial charge in [0.25, 0.3) is 0 Å². The fraction of sp³-hybridized carbons (Fsp3) is 0.909. The molecule has 0 aromatic rings. The van der Waals surface area contributed by atoms with Gasteiger partial charge in [-0.2, -0.15) is 0 Å². The molecule has 0 aliphatic carbocycles. The minimum absolute atomic E-state index is 0.111. The number of hydrogen-bond acceptors (Lipinski definition) is 2. The molecule has 0 aromatic heterocycles. The van der Waals surface area contributed by atoms with E-state index in [9.17, 15) is 0 Å². The van der Waals surface area contributed by atoms with Gasteiger partial charge in [0.1, 0.15) is 0 Å². The third-order valence-corrected chi connectivity index (χ3v) is 2.94. The standard InChI is InChI=1S/C11H26N4/c1-6-11(7-2,8-3)14-10(15-12)13-9(4)5/h9H,6-8,12H2,1-5H3,(H2,13,14,15). The van der Waals surface area contributed by atoms with E-state index in [0.29, 0.717) is 5.96 Å². The molecular weight excluding hydrogens is 188 g/mol. The number of nitrogens with two attached hydrogens (primary N) is 1. The summed E-state index contributed by atoms with van der Waals surface area (Å²) in [4.78, 5) is 4.39. The predicted octanol–water partition coefficient (Wildman–Crippen LogP) is 1.77. The van der Waals surface area contributed by atoms with E-state index in [0.717, 1.165) is 19.3 Å². The van der Waals surface area contributed by atoms with Crippen LogP contribution in [0.3, 0.4) is 0 Å². The Morgan fingerprint density at radius 3 is 1.93 bits per heavy atom. The van der Waals surface area contributed by atoms with Gasteiger partial charge in [-0.15, -0.1) is 0 Å². The fourth-order valence-corrected chi connectivity index (χ4v) is 1.63. The molecule has 90 valence electrons. The molecule has 0 spiro atoms. The van der Waals surface area contributed by atoms with Crippen LogP contribution in [-0.2, 0) is 0 Å². The smallest absolute Gasteiger partial charge is 0.206 e. The molecule has 0 rings (SSSR count). The monoisotopic (exact) mass is 214 g/mol. The summed E-state index contributed by atoms with van der Waals surface area (Å²) in [5, 5.41) is 3.41. The van der Waals surface area contributed by atoms with Crippen molar-refractivity contribution < 1.29 is 0 Å². The van der Waals surface area contributed by atoms with Crippen molar-refractivity contribution in [3.63, 3.8) is 0 Å². The van der Waals surface area contributed by atoms with Gasteiger partial charge in [-0.1, -0.05) is 20.8 Å². The maximum absolute atomic E-state index is 5.45. The molecule has 4 nitrogen and oxygen atoms in total. The summed E-state index contributed by atoms with van der Waals surface area (Å²) >= 11 is 0. The van der Waals surface area contributed by atoms with E-state index in [1.54, 1.807) is 0 Å². The van der Waals surface area contributed by atoms with Crippen LogP contribution >= 0.6 is 0 Å². The average Bonchev–Trinajstić information content (AvgIpc) is 2.24. The van der Waals surface area contributed by atoms with Crippen LogP contribution in [0.5, 0.6) is 0 Å². The Kier molecular flexibility index (Phi) is 6.32. The lowest BCUT2D eigenvalue weighted by molar-refractivity contribution is 0.335. The van der Waals surface area contributed by atoms with Crippen molar-refractivity contribution in [3.8, 4) is 0 Å². The zero-order chi connectivity index (χ0) is 11.9. The summed E-state index contributed by atoms with van der Waals surface area (Å²) in [6.07, 6.45) is 3.20. The van der Waals surface area contributed by atoms with Crippen molar-refractivity contribution >= 4 is 5.96 Å². The fourth-order valence-electron chi connectivity index (χ4n) is 1.63. The summed E-state index contributed by atoms with van der Waals surface area (Å²) in [7, 11) is 0. The number of rotatable bonds is 5. The maximum Gasteiger partial charge on any atom is 0.206 e. The number of nitrogens with zero attached hydrogens (tertiary/aromatic N) is 1. The first-order valence-corrected chi connectivity index (χ1v) is 5.86. The topological polar surface area (TPSA) is 62.4 Å². The Hall–Kier alpha value is -0.770. The zero-order valence-corrected chi connectivity index (χ0v) is 10.7. The second kappa shape index (κ2) is 6.67. The van der Waals surface area contributed by atoms with Crippen LogP contribution in [-0.4, -0.2) is 17.5 Å². The molecule has 0 aliphatic rings. The van der Waals surface area contributed by atoms with E-state index in [2.05, 4.69) is 36.5 Å². The van der Waals surface area contributed by atoms with E-state index in [4.69, 9.17) is 5.84 Å². The quantitative estimate of drug-likeness (QED) is 0.283. The first kappa shape index (κ1) is 14.2. The van der Waals surface area contributed by atoms with Crippen molar-refractivity contribution in [2.24, 2.45) is 10.8 Å². The van der Waals surface area contributed by atoms with Crippen molar-refractivity contribution in [2.45, 2.75) is 65.5 Å². The van der Waals surface area contributed by atoms with Gasteiger partial charge < -0.3 is 5.32 Å². The molecule has 0 unspecified atom stereocenters. The van der Waals surface area contributed by atoms with E-state index >= 15 is 0 Å². The average molecular weight is 214 g/mol. The summed E-state index contributed by atoms with van der Waals surface area (Å²) in [5.74, 6) is 6.14. The Morgan fingerprint density at radius 1 is 1.20 bits per heavy atom. The molecule has 0 saturated heterocycles. The number of nitrogens with one attached hydrogen (secondary N) is 2. The molecule has 0 amide bonds. The van der Waals surface area contributed by atoms with Crippen molar-refractivity contribution in [3.05, 3.63) is 0 Å². The van der Waals surface area contributed by atoms with Gasteiger partial charge >= 0.3 is 0 Å². The van der Waals surface area contributed by atoms with Crippen LogP contribution < -0.4 is 16.6 Å². The predicted molar refractivity (Wildman–Crippen MR) is 66.6 cm³/mol. The van der Waals surface area contributed by atoms with E-state index in [1.165, 1.54) is 0 Å². The molecule has 0 radical (unpaired) electrons. The number of guanidine groups is 1. The summed E-state index contributed by atoms with van der Waals surface area (Å²) in [5.41, 5.74) is 2.74. The second-order valence-electron chi connectivity index (χ2n) is 4.18. The van der Waals surface area contributed by atoms with Gasteiger partial charge in [0.15, 0.2) is 0 Å². The molecule has 0 aliphatic heterocycles. The van der Waals surface area contributed by atoms with E-state index in [-0.39, 0.29) is 11.6 Å². The molecule has 0 fully saturated rings.